The van der Waals surface area contributed by atoms with Crippen LogP contribution in [0.1, 0.15) is 33.6 Å². The third-order valence-electron chi connectivity index (χ3n) is 6.19. The van der Waals surface area contributed by atoms with Gasteiger partial charge >= 0.3 is 0 Å². The lowest BCUT2D eigenvalue weighted by Crippen LogP contribution is -2.54. The number of likely N-dealkylation sites (tertiary alicyclic amines) is 1. The van der Waals surface area contributed by atoms with Crippen molar-refractivity contribution in [3.63, 3.8) is 0 Å². The smallest absolute Gasteiger partial charge is 0.255 e. The van der Waals surface area contributed by atoms with Crippen LogP contribution in [0, 0.1) is 17.6 Å². The first-order valence-electron chi connectivity index (χ1n) is 10.9. The first-order valence-corrected chi connectivity index (χ1v) is 11.3. The largest absolute Gasteiger partial charge is 0.339 e. The average Bonchev–Trinajstić information content (AvgIpc) is 2.83. The normalized spacial score (nSPS) is 18.9. The number of amides is 3. The molecule has 0 aromatic heterocycles. The summed E-state index contributed by atoms with van der Waals surface area (Å²) in [5.41, 5.74) is 0.635. The average molecular weight is 476 g/mol. The van der Waals surface area contributed by atoms with Crippen LogP contribution in [0.4, 0.5) is 8.78 Å². The van der Waals surface area contributed by atoms with Gasteiger partial charge in [-0.2, -0.15) is 0 Å². The monoisotopic (exact) mass is 475 g/mol. The van der Waals surface area contributed by atoms with Crippen LogP contribution in [0.2, 0.25) is 5.02 Å². The van der Waals surface area contributed by atoms with E-state index in [9.17, 15) is 23.2 Å². The van der Waals surface area contributed by atoms with E-state index in [1.54, 1.807) is 14.7 Å². The third-order valence-corrected chi connectivity index (χ3v) is 6.50. The quantitative estimate of drug-likeness (QED) is 0.683. The molecule has 0 bridgehead atoms. The number of nitrogens with zero attached hydrogens (tertiary/aromatic N) is 3. The van der Waals surface area contributed by atoms with Gasteiger partial charge in [0.2, 0.25) is 5.91 Å². The molecule has 2 aliphatic heterocycles. The zero-order valence-electron chi connectivity index (χ0n) is 18.0. The van der Waals surface area contributed by atoms with Gasteiger partial charge in [-0.1, -0.05) is 11.6 Å². The highest BCUT2D eigenvalue weighted by atomic mass is 35.5. The van der Waals surface area contributed by atoms with Gasteiger partial charge in [0.15, 0.2) is 0 Å². The molecule has 4 rings (SSSR count). The summed E-state index contributed by atoms with van der Waals surface area (Å²) >= 11 is 6.01. The topological polar surface area (TPSA) is 60.9 Å². The summed E-state index contributed by atoms with van der Waals surface area (Å²) in [5, 5.41) is 0.0617. The van der Waals surface area contributed by atoms with Crippen molar-refractivity contribution in [1.29, 1.82) is 0 Å². The van der Waals surface area contributed by atoms with Crippen molar-refractivity contribution in [2.24, 2.45) is 5.92 Å². The Balaban J connectivity index is 1.34. The molecule has 0 N–H and O–H groups in total. The number of hydrogen-bond acceptors (Lipinski definition) is 3. The second kappa shape index (κ2) is 9.87. The molecule has 33 heavy (non-hydrogen) atoms. The highest BCUT2D eigenvalue weighted by Crippen LogP contribution is 2.23. The van der Waals surface area contributed by atoms with E-state index in [4.69, 9.17) is 11.6 Å². The second-order valence-electron chi connectivity index (χ2n) is 8.34. The number of hydrogen-bond donors (Lipinski definition) is 0. The fraction of sp³-hybridized carbons (Fsp3) is 0.375. The molecule has 2 saturated heterocycles. The minimum absolute atomic E-state index is 0.0291. The summed E-state index contributed by atoms with van der Waals surface area (Å²) < 4.78 is 26.4. The molecule has 1 unspecified atom stereocenters. The minimum atomic E-state index is -0.508. The fourth-order valence-electron chi connectivity index (χ4n) is 4.36. The molecule has 1 atom stereocenters. The second-order valence-corrected chi connectivity index (χ2v) is 8.75. The summed E-state index contributed by atoms with van der Waals surface area (Å²) in [7, 11) is 0. The first kappa shape index (κ1) is 23.2. The number of carbonyl (C=O) groups is 3. The van der Waals surface area contributed by atoms with Gasteiger partial charge in [0.05, 0.1) is 16.5 Å². The molecule has 0 radical (unpaired) electrons. The maximum absolute atomic E-state index is 13.3. The summed E-state index contributed by atoms with van der Waals surface area (Å²) in [6.07, 6.45) is 1.40. The number of rotatable bonds is 3. The third kappa shape index (κ3) is 5.16. The van der Waals surface area contributed by atoms with Crippen LogP contribution in [0.3, 0.4) is 0 Å². The molecule has 0 saturated carbocycles. The number of piperazine rings is 1. The Hall–Kier alpha value is -3.00. The van der Waals surface area contributed by atoms with Crippen LogP contribution in [0.15, 0.2) is 42.5 Å². The Morgan fingerprint density at radius 3 is 2.09 bits per heavy atom. The van der Waals surface area contributed by atoms with Crippen molar-refractivity contribution >= 4 is 29.3 Å². The Bertz CT molecular complexity index is 1060. The SMILES string of the molecule is O=C(c1ccc(F)cc1)N1CCCC(C(=O)N2CCN(C(=O)c3ccc(F)cc3Cl)CC2)C1. The Kier molecular flexibility index (Phi) is 6.93. The van der Waals surface area contributed by atoms with Gasteiger partial charge in [-0.15, -0.1) is 0 Å². The van der Waals surface area contributed by atoms with E-state index in [1.165, 1.54) is 36.4 Å². The summed E-state index contributed by atoms with van der Waals surface area (Å²) in [6, 6.07) is 9.07. The summed E-state index contributed by atoms with van der Waals surface area (Å²) in [4.78, 5) is 43.6. The van der Waals surface area contributed by atoms with E-state index < -0.39 is 11.6 Å². The van der Waals surface area contributed by atoms with Crippen LogP contribution in [-0.4, -0.2) is 71.7 Å². The molecule has 2 aromatic carbocycles. The number of benzene rings is 2. The summed E-state index contributed by atoms with van der Waals surface area (Å²) in [5.74, 6) is -1.75. The predicted molar refractivity (Wildman–Crippen MR) is 119 cm³/mol. The standard InChI is InChI=1S/C24H24ClF2N3O3/c25-21-14-19(27)7-8-20(21)24(33)29-12-10-28(11-13-29)23(32)17-2-1-9-30(15-17)22(31)16-3-5-18(26)6-4-16/h3-8,14,17H,1-2,9-13,15H2. The van der Waals surface area contributed by atoms with Crippen LogP contribution in [0.5, 0.6) is 0 Å². The lowest BCUT2D eigenvalue weighted by Gasteiger charge is -2.39. The van der Waals surface area contributed by atoms with Crippen molar-refractivity contribution in [2.75, 3.05) is 39.3 Å². The molecule has 174 valence electrons. The van der Waals surface area contributed by atoms with Gasteiger partial charge in [0.25, 0.3) is 11.8 Å². The Morgan fingerprint density at radius 2 is 1.42 bits per heavy atom. The van der Waals surface area contributed by atoms with Crippen LogP contribution >= 0.6 is 11.6 Å². The van der Waals surface area contributed by atoms with Gasteiger partial charge in [-0.3, -0.25) is 14.4 Å². The summed E-state index contributed by atoms with van der Waals surface area (Å²) in [6.45, 7) is 2.34. The Labute approximate surface area is 195 Å². The van der Waals surface area contributed by atoms with Gasteiger partial charge in [-0.05, 0) is 55.3 Å². The van der Waals surface area contributed by atoms with Crippen molar-refractivity contribution in [3.05, 3.63) is 70.2 Å². The van der Waals surface area contributed by atoms with Crippen molar-refractivity contribution in [1.82, 2.24) is 14.7 Å². The predicted octanol–water partition coefficient (Wildman–Crippen LogP) is 3.46. The van der Waals surface area contributed by atoms with E-state index in [1.807, 2.05) is 0 Å². The minimum Gasteiger partial charge on any atom is -0.339 e. The van der Waals surface area contributed by atoms with E-state index in [2.05, 4.69) is 0 Å². The molecule has 0 spiro atoms. The molecular formula is C24H24ClF2N3O3. The zero-order valence-corrected chi connectivity index (χ0v) is 18.7. The van der Waals surface area contributed by atoms with E-state index >= 15 is 0 Å². The molecule has 2 heterocycles. The van der Waals surface area contributed by atoms with Gasteiger partial charge in [-0.25, -0.2) is 8.78 Å². The fourth-order valence-corrected chi connectivity index (χ4v) is 4.61. The molecule has 9 heteroatoms. The Morgan fingerprint density at radius 1 is 0.788 bits per heavy atom. The maximum atomic E-state index is 13.3. The lowest BCUT2D eigenvalue weighted by molar-refractivity contribution is -0.138. The van der Waals surface area contributed by atoms with E-state index in [0.29, 0.717) is 57.7 Å². The highest BCUT2D eigenvalue weighted by Gasteiger charge is 2.34. The maximum Gasteiger partial charge on any atom is 0.255 e. The molecule has 2 aliphatic rings. The molecule has 3 amide bonds. The van der Waals surface area contributed by atoms with Crippen LogP contribution in [-0.2, 0) is 4.79 Å². The van der Waals surface area contributed by atoms with Crippen LogP contribution in [0.25, 0.3) is 0 Å². The van der Waals surface area contributed by atoms with E-state index in [0.717, 1.165) is 6.07 Å². The number of carbonyl (C=O) groups excluding carboxylic acids is 3. The number of halogens is 3. The van der Waals surface area contributed by atoms with Gasteiger partial charge in [0.1, 0.15) is 11.6 Å². The van der Waals surface area contributed by atoms with Crippen LogP contribution < -0.4 is 0 Å². The number of piperidine rings is 1. The lowest BCUT2D eigenvalue weighted by atomic mass is 9.95. The van der Waals surface area contributed by atoms with E-state index in [-0.39, 0.29) is 34.2 Å². The highest BCUT2D eigenvalue weighted by molar-refractivity contribution is 6.33. The molecule has 2 fully saturated rings. The molecular weight excluding hydrogens is 452 g/mol. The van der Waals surface area contributed by atoms with Gasteiger partial charge in [0, 0.05) is 44.8 Å². The first-order chi connectivity index (χ1) is 15.8. The van der Waals surface area contributed by atoms with Crippen molar-refractivity contribution < 1.29 is 23.2 Å². The van der Waals surface area contributed by atoms with Crippen molar-refractivity contribution in [2.45, 2.75) is 12.8 Å². The molecule has 0 aliphatic carbocycles. The van der Waals surface area contributed by atoms with Crippen molar-refractivity contribution in [3.8, 4) is 0 Å². The molecule has 2 aromatic rings. The zero-order chi connectivity index (χ0) is 23.5. The molecule has 6 nitrogen and oxygen atoms in total. The van der Waals surface area contributed by atoms with Gasteiger partial charge < -0.3 is 14.7 Å².